The largest absolute Gasteiger partial charge is 0.308 e. The molecular formula is C15H32N4. The van der Waals surface area contributed by atoms with Crippen molar-refractivity contribution in [1.82, 2.24) is 15.1 Å². The number of rotatable bonds is 11. The summed E-state index contributed by atoms with van der Waals surface area (Å²) in [7, 11) is 6.12. The Hall–Kier alpha value is -0.630. The van der Waals surface area contributed by atoms with E-state index in [-0.39, 0.29) is 5.54 Å². The van der Waals surface area contributed by atoms with Crippen LogP contribution < -0.4 is 5.32 Å². The molecule has 112 valence electrons. The van der Waals surface area contributed by atoms with Crippen LogP contribution in [-0.2, 0) is 0 Å². The highest BCUT2D eigenvalue weighted by Gasteiger charge is 2.24. The molecule has 0 saturated heterocycles. The van der Waals surface area contributed by atoms with E-state index in [1.165, 1.54) is 6.42 Å². The second-order valence-corrected chi connectivity index (χ2v) is 5.55. The molecule has 0 fully saturated rings. The molecule has 1 unspecified atom stereocenters. The number of nitrogens with zero attached hydrogens (tertiary/aromatic N) is 3. The molecule has 0 aromatic rings. The van der Waals surface area contributed by atoms with Crippen molar-refractivity contribution in [3.05, 3.63) is 0 Å². The van der Waals surface area contributed by atoms with Crippen molar-refractivity contribution in [3.8, 4) is 6.07 Å². The van der Waals surface area contributed by atoms with Gasteiger partial charge in [-0.3, -0.25) is 0 Å². The van der Waals surface area contributed by atoms with Gasteiger partial charge >= 0.3 is 0 Å². The predicted molar refractivity (Wildman–Crippen MR) is 82.2 cm³/mol. The highest BCUT2D eigenvalue weighted by Crippen LogP contribution is 2.16. The Bertz CT molecular complexity index is 253. The summed E-state index contributed by atoms with van der Waals surface area (Å²) in [5.41, 5.74) is -0.334. The minimum Gasteiger partial charge on any atom is -0.308 e. The molecule has 4 heteroatoms. The van der Waals surface area contributed by atoms with E-state index in [4.69, 9.17) is 0 Å². The molecule has 19 heavy (non-hydrogen) atoms. The summed E-state index contributed by atoms with van der Waals surface area (Å²) in [6.45, 7) is 8.76. The zero-order valence-corrected chi connectivity index (χ0v) is 13.5. The van der Waals surface area contributed by atoms with E-state index in [9.17, 15) is 5.26 Å². The highest BCUT2D eigenvalue weighted by atomic mass is 15.2. The van der Waals surface area contributed by atoms with Gasteiger partial charge in [-0.15, -0.1) is 0 Å². The molecule has 4 nitrogen and oxygen atoms in total. The molecule has 0 aliphatic heterocycles. The Morgan fingerprint density at radius 1 is 1.11 bits per heavy atom. The van der Waals surface area contributed by atoms with Crippen molar-refractivity contribution in [1.29, 1.82) is 5.26 Å². The average molecular weight is 268 g/mol. The van der Waals surface area contributed by atoms with Crippen LogP contribution >= 0.6 is 0 Å². The molecule has 0 spiro atoms. The third-order valence-corrected chi connectivity index (χ3v) is 3.78. The maximum Gasteiger partial charge on any atom is 0.106 e. The number of hydrogen-bond donors (Lipinski definition) is 1. The Balaban J connectivity index is 4.14. The molecule has 0 amide bonds. The lowest BCUT2D eigenvalue weighted by atomic mass is 9.92. The fourth-order valence-corrected chi connectivity index (χ4v) is 2.27. The highest BCUT2D eigenvalue weighted by molar-refractivity contribution is 5.05. The topological polar surface area (TPSA) is 42.3 Å². The van der Waals surface area contributed by atoms with Crippen molar-refractivity contribution in [2.45, 2.75) is 45.1 Å². The summed E-state index contributed by atoms with van der Waals surface area (Å²) in [5.74, 6) is 0. The first-order chi connectivity index (χ1) is 9.03. The zero-order chi connectivity index (χ0) is 14.7. The fraction of sp³-hybridized carbons (Fsp3) is 0.933. The molecule has 0 aliphatic rings. The van der Waals surface area contributed by atoms with E-state index in [1.807, 2.05) is 7.05 Å². The van der Waals surface area contributed by atoms with Crippen LogP contribution in [0.2, 0.25) is 0 Å². The first-order valence-electron chi connectivity index (χ1n) is 7.50. The molecule has 0 aromatic carbocycles. The molecule has 0 heterocycles. The first kappa shape index (κ1) is 18.4. The van der Waals surface area contributed by atoms with Crippen molar-refractivity contribution >= 4 is 0 Å². The average Bonchev–Trinajstić information content (AvgIpc) is 2.41. The molecule has 0 aliphatic carbocycles. The van der Waals surface area contributed by atoms with Gasteiger partial charge in [0.1, 0.15) is 5.54 Å². The van der Waals surface area contributed by atoms with E-state index in [0.29, 0.717) is 0 Å². The van der Waals surface area contributed by atoms with E-state index < -0.39 is 0 Å². The minimum absolute atomic E-state index is 0.334. The van der Waals surface area contributed by atoms with Gasteiger partial charge in [-0.2, -0.15) is 5.26 Å². The SMILES string of the molecule is CCCN(CCCC(C#N)(CC)NC)CCN(C)C. The lowest BCUT2D eigenvalue weighted by molar-refractivity contribution is 0.229. The number of nitrogens with one attached hydrogen (secondary N) is 1. The molecule has 1 atom stereocenters. The summed E-state index contributed by atoms with van der Waals surface area (Å²) in [5, 5.41) is 12.5. The second-order valence-electron chi connectivity index (χ2n) is 5.55. The summed E-state index contributed by atoms with van der Waals surface area (Å²) in [6, 6.07) is 2.43. The zero-order valence-electron chi connectivity index (χ0n) is 13.5. The van der Waals surface area contributed by atoms with Crippen LogP contribution in [0.4, 0.5) is 0 Å². The Morgan fingerprint density at radius 2 is 1.79 bits per heavy atom. The van der Waals surface area contributed by atoms with E-state index in [1.54, 1.807) is 0 Å². The molecule has 1 N–H and O–H groups in total. The molecule has 0 radical (unpaired) electrons. The quantitative estimate of drug-likeness (QED) is 0.622. The van der Waals surface area contributed by atoms with Crippen molar-refractivity contribution in [2.24, 2.45) is 0 Å². The van der Waals surface area contributed by atoms with Crippen LogP contribution in [-0.4, -0.2) is 62.7 Å². The van der Waals surface area contributed by atoms with Gasteiger partial charge in [-0.25, -0.2) is 0 Å². The predicted octanol–water partition coefficient (Wildman–Crippen LogP) is 1.93. The van der Waals surface area contributed by atoms with Gasteiger partial charge in [0, 0.05) is 13.1 Å². The van der Waals surface area contributed by atoms with Gasteiger partial charge < -0.3 is 15.1 Å². The summed E-state index contributed by atoms with van der Waals surface area (Å²) < 4.78 is 0. The molecule has 0 rings (SSSR count). The maximum atomic E-state index is 9.29. The fourth-order valence-electron chi connectivity index (χ4n) is 2.27. The van der Waals surface area contributed by atoms with Crippen LogP contribution in [0.3, 0.4) is 0 Å². The standard InChI is InChI=1S/C15H32N4/c1-6-10-19(13-12-18(4)5)11-8-9-15(7-2,14-16)17-3/h17H,6-13H2,1-5H3. The van der Waals surface area contributed by atoms with Crippen molar-refractivity contribution in [2.75, 3.05) is 47.3 Å². The minimum atomic E-state index is -0.334. The monoisotopic (exact) mass is 268 g/mol. The van der Waals surface area contributed by atoms with Gasteiger partial charge in [0.15, 0.2) is 0 Å². The van der Waals surface area contributed by atoms with Crippen molar-refractivity contribution < 1.29 is 0 Å². The smallest absolute Gasteiger partial charge is 0.106 e. The maximum absolute atomic E-state index is 9.29. The third-order valence-electron chi connectivity index (χ3n) is 3.78. The van der Waals surface area contributed by atoms with Gasteiger partial charge in [0.25, 0.3) is 0 Å². The molecule has 0 aromatic heterocycles. The van der Waals surface area contributed by atoms with Crippen LogP contribution in [0, 0.1) is 11.3 Å². The summed E-state index contributed by atoms with van der Waals surface area (Å²) in [4.78, 5) is 4.73. The summed E-state index contributed by atoms with van der Waals surface area (Å²) in [6.07, 6.45) is 4.07. The van der Waals surface area contributed by atoms with Crippen molar-refractivity contribution in [3.63, 3.8) is 0 Å². The first-order valence-corrected chi connectivity index (χ1v) is 7.50. The molecule has 0 bridgehead atoms. The Morgan fingerprint density at radius 3 is 2.21 bits per heavy atom. The number of likely N-dealkylation sites (N-methyl/N-ethyl adjacent to an activating group) is 1. The van der Waals surface area contributed by atoms with E-state index in [2.05, 4.69) is 49.1 Å². The van der Waals surface area contributed by atoms with Gasteiger partial charge in [-0.1, -0.05) is 13.8 Å². The van der Waals surface area contributed by atoms with E-state index >= 15 is 0 Å². The lowest BCUT2D eigenvalue weighted by Gasteiger charge is -2.27. The van der Waals surface area contributed by atoms with Crippen LogP contribution in [0.5, 0.6) is 0 Å². The second kappa shape index (κ2) is 10.2. The van der Waals surface area contributed by atoms with Gasteiger partial charge in [0.2, 0.25) is 0 Å². The van der Waals surface area contributed by atoms with Gasteiger partial charge in [-0.05, 0) is 59.9 Å². The van der Waals surface area contributed by atoms with Crippen LogP contribution in [0.1, 0.15) is 39.5 Å². The van der Waals surface area contributed by atoms with Gasteiger partial charge in [0.05, 0.1) is 6.07 Å². The van der Waals surface area contributed by atoms with Crippen LogP contribution in [0.15, 0.2) is 0 Å². The van der Waals surface area contributed by atoms with Crippen LogP contribution in [0.25, 0.3) is 0 Å². The summed E-state index contributed by atoms with van der Waals surface area (Å²) >= 11 is 0. The lowest BCUT2D eigenvalue weighted by Crippen LogP contribution is -2.42. The molecule has 0 saturated carbocycles. The third kappa shape index (κ3) is 7.51. The Kier molecular flexibility index (Phi) is 9.85. The number of nitriles is 1. The normalized spacial score (nSPS) is 14.6. The van der Waals surface area contributed by atoms with E-state index in [0.717, 1.165) is 45.4 Å². The number of hydrogen-bond acceptors (Lipinski definition) is 4. The molecular weight excluding hydrogens is 236 g/mol. The Labute approximate surface area is 119 Å².